The summed E-state index contributed by atoms with van der Waals surface area (Å²) in [5, 5.41) is 0. The maximum absolute atomic E-state index is 5.53. The molecule has 0 spiro atoms. The normalized spacial score (nSPS) is 13.8. The van der Waals surface area contributed by atoms with Crippen molar-refractivity contribution in [2.24, 2.45) is 0 Å². The number of hydrogen-bond donors (Lipinski definition) is 0. The van der Waals surface area contributed by atoms with Gasteiger partial charge in [0.05, 0.1) is 12.0 Å². The molecule has 0 aliphatic carbocycles. The van der Waals surface area contributed by atoms with E-state index in [2.05, 4.69) is 19.9 Å². The van der Waals surface area contributed by atoms with Crippen LogP contribution in [0.3, 0.4) is 0 Å². The highest BCUT2D eigenvalue weighted by Crippen LogP contribution is 2.33. The van der Waals surface area contributed by atoms with E-state index in [1.165, 1.54) is 146 Å². The van der Waals surface area contributed by atoms with E-state index in [0.29, 0.717) is 0 Å². The van der Waals surface area contributed by atoms with Crippen LogP contribution in [0.4, 0.5) is 0 Å². The summed E-state index contributed by atoms with van der Waals surface area (Å²) in [6.45, 7) is 4.59. The molecule has 0 amide bonds. The maximum Gasteiger partial charge on any atom is 0.102 e. The van der Waals surface area contributed by atoms with Gasteiger partial charge < -0.3 is 4.18 Å². The summed E-state index contributed by atoms with van der Waals surface area (Å²) in [7, 11) is 0. The lowest BCUT2D eigenvalue weighted by Crippen LogP contribution is -1.94. The van der Waals surface area contributed by atoms with Gasteiger partial charge in [0.15, 0.2) is 0 Å². The summed E-state index contributed by atoms with van der Waals surface area (Å²) in [4.78, 5) is 1.51. The Kier molecular flexibility index (Phi) is 20.1. The van der Waals surface area contributed by atoms with Crippen molar-refractivity contribution < 1.29 is 4.18 Å². The number of hydrogen-bond acceptors (Lipinski definition) is 2. The predicted molar refractivity (Wildman–Crippen MR) is 138 cm³/mol. The van der Waals surface area contributed by atoms with Crippen LogP contribution in [0.25, 0.3) is 0 Å². The summed E-state index contributed by atoms with van der Waals surface area (Å²) in [6, 6.07) is 0. The second kappa shape index (κ2) is 21.8. The average Bonchev–Trinajstić information content (AvgIpc) is 2.77. The molecule has 176 valence electrons. The Morgan fingerprint density at radius 1 is 0.533 bits per heavy atom. The second-order valence-electron chi connectivity index (χ2n) is 9.29. The molecule has 1 heterocycles. The minimum absolute atomic E-state index is 1.22. The first-order valence-electron chi connectivity index (χ1n) is 13.6. The zero-order chi connectivity index (χ0) is 21.5. The monoisotopic (exact) mass is 436 g/mol. The van der Waals surface area contributed by atoms with Crippen LogP contribution in [0.5, 0.6) is 0 Å². The third-order valence-electron chi connectivity index (χ3n) is 6.39. The van der Waals surface area contributed by atoms with E-state index in [1.54, 1.807) is 17.6 Å². The van der Waals surface area contributed by atoms with E-state index >= 15 is 0 Å². The molecule has 0 atom stereocenters. The smallest absolute Gasteiger partial charge is 0.102 e. The lowest BCUT2D eigenvalue weighted by Gasteiger charge is -2.15. The van der Waals surface area contributed by atoms with Gasteiger partial charge in [0, 0.05) is 4.91 Å². The van der Waals surface area contributed by atoms with Gasteiger partial charge in [0.1, 0.15) is 6.26 Å². The average molecular weight is 437 g/mol. The Morgan fingerprint density at radius 2 is 0.933 bits per heavy atom. The molecule has 0 aromatic rings. The Balaban J connectivity index is 2.02. The lowest BCUT2D eigenvalue weighted by atomic mass is 10.0. The van der Waals surface area contributed by atoms with Crippen molar-refractivity contribution in [1.82, 2.24) is 0 Å². The molecule has 30 heavy (non-hydrogen) atoms. The Hall–Kier alpha value is -0.370. The molecule has 1 rings (SSSR count). The fourth-order valence-corrected chi connectivity index (χ4v) is 5.08. The first-order valence-corrected chi connectivity index (χ1v) is 14.3. The van der Waals surface area contributed by atoms with E-state index in [4.69, 9.17) is 4.18 Å². The molecular weight excluding hydrogens is 384 g/mol. The quantitative estimate of drug-likeness (QED) is 0.123. The van der Waals surface area contributed by atoms with E-state index in [0.717, 1.165) is 0 Å². The van der Waals surface area contributed by atoms with Gasteiger partial charge in [-0.2, -0.15) is 0 Å². The van der Waals surface area contributed by atoms with Crippen molar-refractivity contribution in [3.63, 3.8) is 0 Å². The van der Waals surface area contributed by atoms with Crippen LogP contribution >= 0.6 is 12.0 Å². The topological polar surface area (TPSA) is 9.23 Å². The minimum atomic E-state index is 1.22. The minimum Gasteiger partial charge on any atom is -0.429 e. The van der Waals surface area contributed by atoms with Gasteiger partial charge in [-0.05, 0) is 37.3 Å². The molecule has 0 unspecified atom stereocenters. The molecule has 0 N–H and O–H groups in total. The molecule has 2 heteroatoms. The molecule has 0 bridgehead atoms. The highest BCUT2D eigenvalue weighted by atomic mass is 32.2. The van der Waals surface area contributed by atoms with Crippen LogP contribution in [0.2, 0.25) is 0 Å². The second-order valence-corrected chi connectivity index (χ2v) is 10.1. The lowest BCUT2D eigenvalue weighted by molar-refractivity contribution is 0.546. The summed E-state index contributed by atoms with van der Waals surface area (Å²) in [5.41, 5.74) is 1.56. The third-order valence-corrected chi connectivity index (χ3v) is 7.26. The molecular formula is C28H52OS. The van der Waals surface area contributed by atoms with Crippen molar-refractivity contribution in [2.45, 2.75) is 155 Å². The molecule has 0 saturated heterocycles. The van der Waals surface area contributed by atoms with Gasteiger partial charge >= 0.3 is 0 Å². The summed E-state index contributed by atoms with van der Waals surface area (Å²) < 4.78 is 5.53. The zero-order valence-electron chi connectivity index (χ0n) is 20.5. The molecule has 1 nitrogen and oxygen atoms in total. The first kappa shape index (κ1) is 27.7. The fraction of sp³-hybridized carbons (Fsp3) is 0.857. The van der Waals surface area contributed by atoms with E-state index in [-0.39, 0.29) is 0 Å². The van der Waals surface area contributed by atoms with Crippen molar-refractivity contribution in [3.05, 3.63) is 22.8 Å². The number of rotatable bonds is 22. The first-order chi connectivity index (χ1) is 14.9. The van der Waals surface area contributed by atoms with Crippen LogP contribution in [0, 0.1) is 0 Å². The van der Waals surface area contributed by atoms with E-state index < -0.39 is 0 Å². The van der Waals surface area contributed by atoms with Gasteiger partial charge in [-0.3, -0.25) is 0 Å². The molecule has 0 saturated carbocycles. The Morgan fingerprint density at radius 3 is 1.40 bits per heavy atom. The molecule has 0 aromatic heterocycles. The van der Waals surface area contributed by atoms with E-state index in [1.807, 2.05) is 6.26 Å². The summed E-state index contributed by atoms with van der Waals surface area (Å²) >= 11 is 1.62. The zero-order valence-corrected chi connectivity index (χ0v) is 21.3. The van der Waals surface area contributed by atoms with Gasteiger partial charge in [-0.15, -0.1) is 0 Å². The molecule has 1 aliphatic heterocycles. The van der Waals surface area contributed by atoms with Crippen LogP contribution in [-0.4, -0.2) is 0 Å². The van der Waals surface area contributed by atoms with Crippen molar-refractivity contribution in [1.29, 1.82) is 0 Å². The Labute approximate surface area is 194 Å². The van der Waals surface area contributed by atoms with Crippen LogP contribution in [0.1, 0.15) is 155 Å². The molecule has 1 aliphatic rings. The molecule has 0 aromatic carbocycles. The Bertz CT molecular complexity index is 426. The van der Waals surface area contributed by atoms with Gasteiger partial charge in [0.25, 0.3) is 0 Å². The summed E-state index contributed by atoms with van der Waals surface area (Å²) in [5.74, 6) is 0. The van der Waals surface area contributed by atoms with Crippen molar-refractivity contribution in [2.75, 3.05) is 0 Å². The van der Waals surface area contributed by atoms with Crippen molar-refractivity contribution in [3.8, 4) is 0 Å². The SMILES string of the molecule is CCCCCCCCCCCCC1=C(CCCCCCCCCCCC)SOC=C1. The van der Waals surface area contributed by atoms with Crippen LogP contribution in [-0.2, 0) is 4.18 Å². The van der Waals surface area contributed by atoms with Gasteiger partial charge in [-0.25, -0.2) is 0 Å². The van der Waals surface area contributed by atoms with Crippen LogP contribution < -0.4 is 0 Å². The largest absolute Gasteiger partial charge is 0.429 e. The number of unbranched alkanes of at least 4 members (excludes halogenated alkanes) is 18. The van der Waals surface area contributed by atoms with Crippen LogP contribution in [0.15, 0.2) is 22.8 Å². The third kappa shape index (κ3) is 16.3. The number of allylic oxidation sites excluding steroid dienone is 3. The standard InChI is InChI=1S/C28H52OS/c1-3-5-7-9-11-13-15-17-19-21-23-27-25-26-29-30-28(27)24-22-20-18-16-14-12-10-8-6-4-2/h25-26H,3-24H2,1-2H3. The fourth-order valence-electron chi connectivity index (χ4n) is 4.34. The van der Waals surface area contributed by atoms with Gasteiger partial charge in [-0.1, -0.05) is 129 Å². The molecule has 0 fully saturated rings. The van der Waals surface area contributed by atoms with E-state index in [9.17, 15) is 0 Å². The van der Waals surface area contributed by atoms with Crippen molar-refractivity contribution >= 4 is 12.0 Å². The predicted octanol–water partition coefficient (Wildman–Crippen LogP) is 11.1. The highest BCUT2D eigenvalue weighted by molar-refractivity contribution is 7.98. The van der Waals surface area contributed by atoms with Gasteiger partial charge in [0.2, 0.25) is 0 Å². The summed E-state index contributed by atoms with van der Waals surface area (Å²) in [6.07, 6.45) is 34.9. The maximum atomic E-state index is 5.53. The highest BCUT2D eigenvalue weighted by Gasteiger charge is 2.10. The molecule has 0 radical (unpaired) electrons.